The third-order valence-electron chi connectivity index (χ3n) is 14.0. The fourth-order valence-corrected chi connectivity index (χ4v) is 11.8. The molecule has 3 aliphatic rings. The van der Waals surface area contributed by atoms with Gasteiger partial charge >= 0.3 is 0 Å². The number of thiazole rings is 1. The number of β-amino-alcohol motifs (C(OH)–C–C–N with tert-alkyl or cyclic N) is 1. The van der Waals surface area contributed by atoms with E-state index in [1.165, 1.54) is 9.78 Å². The first-order chi connectivity index (χ1) is 34.8. The van der Waals surface area contributed by atoms with E-state index in [0.717, 1.165) is 60.5 Å². The van der Waals surface area contributed by atoms with Crippen LogP contribution < -0.4 is 20.7 Å². The number of carbonyl (C=O) groups is 4. The van der Waals surface area contributed by atoms with Crippen LogP contribution in [0.4, 0.5) is 0 Å². The molecule has 1 saturated carbocycles. The molecule has 0 bridgehead atoms. The number of carbonyl (C=O) groups excluding carboxylic acids is 4. The standard InChI is InChI=1S/C54H61ClN10O6S2/c1-28-31(4)73-53-46(28)47(35-15-17-37(55)18-16-35)60-41(50-63-62-32(5)65(50)53)24-44(68)59-38-21-40(22-38)71-45-20-10-33(25-56-45)9-19-43(67)61-49(54(6,7)8)52(70)64-26-39(66)23-42(64)51(69)58-29(2)34-11-13-36(14-12-34)48-30(3)57-27-72-48/h10-18,20,25,27,29,38-42,49,66H,9,19,21-24,26H2,1-8H3,(H,58,69)(H,59,68)(H,61,67)/t29-,38?,39+,40?,41-,42-,49+/m0/s1. The SMILES string of the molecule is Cc1ncsc1-c1ccc([C@H](C)NC(=O)[C@@H]2C[C@@H](O)CN2C(=O)[C@@H](NC(=O)CCc2ccc(OC3CC(NC(=O)C[C@@H]4N=C(c5ccc(Cl)cc5)c5c(sc(C)c5C)-n5c(C)nnc54)C3)nc2)C(C)(C)C)cc1. The van der Waals surface area contributed by atoms with Gasteiger partial charge in [-0.15, -0.1) is 32.9 Å². The fraction of sp³-hybridized carbons (Fsp3) is 0.426. The number of aliphatic hydroxyl groups is 1. The number of aliphatic hydroxyl groups excluding tert-OH is 1. The van der Waals surface area contributed by atoms with Crippen molar-refractivity contribution in [1.82, 2.24) is 45.6 Å². The van der Waals surface area contributed by atoms with Gasteiger partial charge in [-0.05, 0) is 80.8 Å². The number of rotatable bonds is 15. The highest BCUT2D eigenvalue weighted by Gasteiger charge is 2.45. The molecule has 5 atom stereocenters. The van der Waals surface area contributed by atoms with Gasteiger partial charge in [-0.2, -0.15) is 0 Å². The van der Waals surface area contributed by atoms with Gasteiger partial charge in [-0.3, -0.25) is 28.7 Å². The van der Waals surface area contributed by atoms with E-state index in [1.54, 1.807) is 34.9 Å². The summed E-state index contributed by atoms with van der Waals surface area (Å²) in [6, 6.07) is 16.3. The van der Waals surface area contributed by atoms with Crippen LogP contribution in [0.15, 0.2) is 77.4 Å². The smallest absolute Gasteiger partial charge is 0.246 e. The number of nitrogens with zero attached hydrogens (tertiary/aromatic N) is 7. The molecule has 6 heterocycles. The highest BCUT2D eigenvalue weighted by atomic mass is 35.5. The lowest BCUT2D eigenvalue weighted by atomic mass is 9.85. The molecule has 0 unspecified atom stereocenters. The zero-order valence-electron chi connectivity index (χ0n) is 42.2. The molecule has 6 aromatic rings. The van der Waals surface area contributed by atoms with E-state index in [4.69, 9.17) is 21.3 Å². The number of aliphatic imine (C=N–C) groups is 1. The second-order valence-corrected chi connectivity index (χ2v) is 23.0. The maximum Gasteiger partial charge on any atom is 0.246 e. The Kier molecular flexibility index (Phi) is 15.0. The predicted octanol–water partition coefficient (Wildman–Crippen LogP) is 8.05. The molecule has 4 aromatic heterocycles. The van der Waals surface area contributed by atoms with Crippen molar-refractivity contribution in [3.8, 4) is 21.3 Å². The lowest BCUT2D eigenvalue weighted by molar-refractivity contribution is -0.144. The Morgan fingerprint density at radius 1 is 0.904 bits per heavy atom. The Hall–Kier alpha value is -6.34. The third kappa shape index (κ3) is 11.3. The first kappa shape index (κ1) is 51.6. The van der Waals surface area contributed by atoms with Crippen molar-refractivity contribution in [3.63, 3.8) is 0 Å². The summed E-state index contributed by atoms with van der Waals surface area (Å²) in [5.74, 6) is 0.536. The quantitative estimate of drug-likeness (QED) is 0.0779. The molecular formula is C54H61ClN10O6S2. The van der Waals surface area contributed by atoms with Gasteiger partial charge in [0.2, 0.25) is 29.5 Å². The number of thiophene rings is 1. The topological polar surface area (TPSA) is 206 Å². The molecule has 19 heteroatoms. The number of halogens is 1. The molecule has 1 aliphatic carbocycles. The van der Waals surface area contributed by atoms with Gasteiger partial charge in [0.1, 0.15) is 35.1 Å². The highest BCUT2D eigenvalue weighted by molar-refractivity contribution is 7.15. The Balaban J connectivity index is 0.750. The number of benzene rings is 2. The maximum absolute atomic E-state index is 14.2. The van der Waals surface area contributed by atoms with Gasteiger partial charge in [-0.25, -0.2) is 9.97 Å². The van der Waals surface area contributed by atoms with Crippen LogP contribution in [0.2, 0.25) is 5.02 Å². The number of nitrogens with one attached hydrogen (secondary N) is 3. The van der Waals surface area contributed by atoms with Crippen LogP contribution in [0.1, 0.15) is 122 Å². The van der Waals surface area contributed by atoms with Gasteiger partial charge in [0, 0.05) is 71.6 Å². The molecule has 9 rings (SSSR count). The van der Waals surface area contributed by atoms with Gasteiger partial charge in [0.05, 0.1) is 40.4 Å². The summed E-state index contributed by atoms with van der Waals surface area (Å²) in [6.07, 6.45) is 2.53. The second-order valence-electron chi connectivity index (χ2n) is 20.5. The monoisotopic (exact) mass is 1040 g/mol. The van der Waals surface area contributed by atoms with Crippen LogP contribution in [0.3, 0.4) is 0 Å². The first-order valence-corrected chi connectivity index (χ1v) is 26.7. The Labute approximate surface area is 438 Å². The first-order valence-electron chi connectivity index (χ1n) is 24.7. The molecular weight excluding hydrogens is 984 g/mol. The van der Waals surface area contributed by atoms with Gasteiger partial charge < -0.3 is 30.7 Å². The third-order valence-corrected chi connectivity index (χ3v) is 16.4. The number of aromatic nitrogens is 5. The number of pyridine rings is 1. The molecule has 2 aromatic carbocycles. The summed E-state index contributed by atoms with van der Waals surface area (Å²) in [5.41, 5.74) is 8.67. The van der Waals surface area contributed by atoms with E-state index >= 15 is 0 Å². The summed E-state index contributed by atoms with van der Waals surface area (Å²) >= 11 is 9.51. The highest BCUT2D eigenvalue weighted by Crippen LogP contribution is 2.40. The van der Waals surface area contributed by atoms with Gasteiger partial charge in [0.15, 0.2) is 5.82 Å². The van der Waals surface area contributed by atoms with Crippen molar-refractivity contribution in [2.45, 2.75) is 136 Å². The average Bonchev–Trinajstić information content (AvgIpc) is 4.11. The zero-order chi connectivity index (χ0) is 51.9. The summed E-state index contributed by atoms with van der Waals surface area (Å²) in [6.45, 7) is 15.5. The Morgan fingerprint density at radius 2 is 1.63 bits per heavy atom. The van der Waals surface area contributed by atoms with Gasteiger partial charge in [0.25, 0.3) is 0 Å². The van der Waals surface area contributed by atoms with E-state index in [2.05, 4.69) is 50.0 Å². The van der Waals surface area contributed by atoms with E-state index < -0.39 is 35.6 Å². The predicted molar refractivity (Wildman–Crippen MR) is 282 cm³/mol. The number of hydrogen-bond donors (Lipinski definition) is 4. The van der Waals surface area contributed by atoms with Crippen LogP contribution in [-0.4, -0.2) is 101 Å². The van der Waals surface area contributed by atoms with Crippen LogP contribution in [0, 0.1) is 33.1 Å². The normalized spacial score (nSPS) is 20.2. The van der Waals surface area contributed by atoms with Crippen LogP contribution in [-0.2, 0) is 25.6 Å². The maximum atomic E-state index is 14.2. The van der Waals surface area contributed by atoms with Gasteiger partial charge in [-0.1, -0.05) is 74.8 Å². The number of amides is 4. The number of fused-ring (bicyclic) bond motifs is 3. The van der Waals surface area contributed by atoms with E-state index in [1.807, 2.05) is 106 Å². The molecule has 73 heavy (non-hydrogen) atoms. The molecule has 1 saturated heterocycles. The molecule has 4 N–H and O–H groups in total. The Morgan fingerprint density at radius 3 is 2.30 bits per heavy atom. The molecule has 2 aliphatic heterocycles. The van der Waals surface area contributed by atoms with Crippen LogP contribution in [0.25, 0.3) is 15.4 Å². The molecule has 0 radical (unpaired) electrons. The summed E-state index contributed by atoms with van der Waals surface area (Å²) in [5, 5.41) is 30.4. The van der Waals surface area contributed by atoms with Crippen molar-refractivity contribution in [2.24, 2.45) is 10.4 Å². The summed E-state index contributed by atoms with van der Waals surface area (Å²) < 4.78 is 8.19. The minimum Gasteiger partial charge on any atom is -0.474 e. The number of ether oxygens (including phenoxy) is 1. The zero-order valence-corrected chi connectivity index (χ0v) is 44.6. The number of aryl methyl sites for hydroxylation is 4. The lowest BCUT2D eigenvalue weighted by Crippen LogP contribution is -2.57. The summed E-state index contributed by atoms with van der Waals surface area (Å²) in [7, 11) is 0. The van der Waals surface area contributed by atoms with E-state index in [9.17, 15) is 24.3 Å². The van der Waals surface area contributed by atoms with Crippen molar-refractivity contribution in [2.75, 3.05) is 6.54 Å². The van der Waals surface area contributed by atoms with Crippen LogP contribution >= 0.6 is 34.3 Å². The molecule has 0 spiro atoms. The minimum absolute atomic E-state index is 0.0158. The van der Waals surface area contributed by atoms with E-state index in [-0.39, 0.29) is 61.7 Å². The Bertz CT molecular complexity index is 3050. The number of likely N-dealkylation sites (tertiary alicyclic amines) is 1. The summed E-state index contributed by atoms with van der Waals surface area (Å²) in [4.78, 5) is 72.8. The second kappa shape index (κ2) is 21.2. The number of hydrogen-bond acceptors (Lipinski definition) is 13. The van der Waals surface area contributed by atoms with Crippen molar-refractivity contribution < 1.29 is 29.0 Å². The lowest BCUT2D eigenvalue weighted by Gasteiger charge is -2.35. The largest absolute Gasteiger partial charge is 0.474 e. The molecule has 2 fully saturated rings. The molecule has 382 valence electrons. The van der Waals surface area contributed by atoms with Crippen molar-refractivity contribution in [3.05, 3.63) is 127 Å². The van der Waals surface area contributed by atoms with Crippen molar-refractivity contribution in [1.29, 1.82) is 0 Å². The molecule has 16 nitrogen and oxygen atoms in total. The minimum atomic E-state index is -0.946. The fourth-order valence-electron chi connectivity index (χ4n) is 9.68. The van der Waals surface area contributed by atoms with E-state index in [0.29, 0.717) is 36.0 Å². The molecule has 4 amide bonds. The average molecular weight is 1050 g/mol. The van der Waals surface area contributed by atoms with Crippen molar-refractivity contribution >= 4 is 63.6 Å². The van der Waals surface area contributed by atoms with Crippen LogP contribution in [0.5, 0.6) is 5.88 Å².